The number of nitrogens with zero attached hydrogens (tertiary/aromatic N) is 2. The van der Waals surface area contributed by atoms with Gasteiger partial charge >= 0.3 is 6.03 Å². The molecule has 144 valence electrons. The molecule has 1 aliphatic carbocycles. The van der Waals surface area contributed by atoms with E-state index in [0.29, 0.717) is 17.5 Å². The van der Waals surface area contributed by atoms with E-state index >= 15 is 0 Å². The van der Waals surface area contributed by atoms with Crippen molar-refractivity contribution in [1.82, 2.24) is 20.7 Å². The molecule has 1 saturated carbocycles. The Morgan fingerprint density at radius 2 is 1.92 bits per heavy atom. The number of carbonyl (C=O) groups is 3. The van der Waals surface area contributed by atoms with E-state index in [1.54, 1.807) is 20.0 Å². The Labute approximate surface area is 152 Å². The maximum Gasteiger partial charge on any atom is 0.321 e. The maximum atomic E-state index is 12.0. The molecule has 0 spiro atoms. The largest absolute Gasteiger partial charge is 0.360 e. The topological polar surface area (TPSA) is 117 Å². The average Bonchev–Trinajstić information content (AvgIpc) is 2.93. The van der Waals surface area contributed by atoms with E-state index in [-0.39, 0.29) is 25.0 Å². The van der Waals surface area contributed by atoms with Gasteiger partial charge in [0.2, 0.25) is 11.8 Å². The SMILES string of the molecule is Cc1cc(NC(=O)CN(C)CC(=O)NC(=O)N[C@@H]2CCCC[C@@H]2C)no1. The van der Waals surface area contributed by atoms with Gasteiger partial charge in [-0.3, -0.25) is 19.8 Å². The van der Waals surface area contributed by atoms with Crippen molar-refractivity contribution < 1.29 is 18.9 Å². The van der Waals surface area contributed by atoms with Crippen LogP contribution >= 0.6 is 0 Å². The third-order valence-electron chi connectivity index (χ3n) is 4.40. The lowest BCUT2D eigenvalue weighted by atomic mass is 9.86. The molecule has 9 nitrogen and oxygen atoms in total. The summed E-state index contributed by atoms with van der Waals surface area (Å²) in [4.78, 5) is 37.3. The number of anilines is 1. The van der Waals surface area contributed by atoms with Gasteiger partial charge < -0.3 is 15.2 Å². The standard InChI is InChI=1S/C17H27N5O4/c1-11-6-4-5-7-13(11)18-17(25)20-16(24)10-22(3)9-15(23)19-14-8-12(2)26-21-14/h8,11,13H,4-7,9-10H2,1-3H3,(H,19,21,23)(H2,18,20,24,25)/t11-,13+/m0/s1. The van der Waals surface area contributed by atoms with Gasteiger partial charge in [-0.05, 0) is 32.7 Å². The van der Waals surface area contributed by atoms with Crippen molar-refractivity contribution in [2.45, 2.75) is 45.6 Å². The summed E-state index contributed by atoms with van der Waals surface area (Å²) >= 11 is 0. The predicted molar refractivity (Wildman–Crippen MR) is 95.5 cm³/mol. The highest BCUT2D eigenvalue weighted by Crippen LogP contribution is 2.23. The summed E-state index contributed by atoms with van der Waals surface area (Å²) in [5.74, 6) is 0.543. The highest BCUT2D eigenvalue weighted by Gasteiger charge is 2.23. The molecule has 3 N–H and O–H groups in total. The van der Waals surface area contributed by atoms with E-state index in [0.717, 1.165) is 19.3 Å². The van der Waals surface area contributed by atoms with Crippen LogP contribution in [0.5, 0.6) is 0 Å². The second-order valence-electron chi connectivity index (χ2n) is 6.93. The van der Waals surface area contributed by atoms with Crippen molar-refractivity contribution in [3.05, 3.63) is 11.8 Å². The van der Waals surface area contributed by atoms with Crippen molar-refractivity contribution in [2.24, 2.45) is 5.92 Å². The Balaban J connectivity index is 1.69. The van der Waals surface area contributed by atoms with E-state index in [9.17, 15) is 14.4 Å². The molecule has 0 aromatic carbocycles. The molecule has 0 radical (unpaired) electrons. The van der Waals surface area contributed by atoms with Crippen LogP contribution in [0.1, 0.15) is 38.4 Å². The van der Waals surface area contributed by atoms with Crippen LogP contribution in [-0.4, -0.2) is 54.1 Å². The lowest BCUT2D eigenvalue weighted by molar-refractivity contribution is -0.122. The molecule has 1 aromatic rings. The Morgan fingerprint density at radius 3 is 2.58 bits per heavy atom. The molecule has 0 saturated heterocycles. The number of urea groups is 1. The van der Waals surface area contributed by atoms with E-state index in [1.807, 2.05) is 0 Å². The fourth-order valence-corrected chi connectivity index (χ4v) is 3.06. The lowest BCUT2D eigenvalue weighted by Crippen LogP contribution is -2.50. The van der Waals surface area contributed by atoms with Gasteiger partial charge in [0, 0.05) is 12.1 Å². The van der Waals surface area contributed by atoms with Crippen molar-refractivity contribution in [3.8, 4) is 0 Å². The van der Waals surface area contributed by atoms with Crippen molar-refractivity contribution in [2.75, 3.05) is 25.5 Å². The van der Waals surface area contributed by atoms with Crippen LogP contribution in [0.25, 0.3) is 0 Å². The Kier molecular flexibility index (Phi) is 7.14. The molecule has 0 aliphatic heterocycles. The molecule has 2 rings (SSSR count). The molecule has 0 bridgehead atoms. The monoisotopic (exact) mass is 365 g/mol. The molecule has 2 atom stereocenters. The van der Waals surface area contributed by atoms with E-state index in [1.165, 1.54) is 11.3 Å². The highest BCUT2D eigenvalue weighted by atomic mass is 16.5. The molecule has 26 heavy (non-hydrogen) atoms. The third-order valence-corrected chi connectivity index (χ3v) is 4.40. The Bertz CT molecular complexity index is 645. The molecule has 4 amide bonds. The van der Waals surface area contributed by atoms with Gasteiger partial charge in [-0.25, -0.2) is 4.79 Å². The summed E-state index contributed by atoms with van der Waals surface area (Å²) in [6, 6.07) is 1.22. The number of rotatable bonds is 6. The van der Waals surface area contributed by atoms with Crippen molar-refractivity contribution >= 4 is 23.7 Å². The summed E-state index contributed by atoms with van der Waals surface area (Å²) in [7, 11) is 1.62. The number of hydrogen-bond acceptors (Lipinski definition) is 6. The third kappa shape index (κ3) is 6.47. The minimum absolute atomic E-state index is 0.0133. The summed E-state index contributed by atoms with van der Waals surface area (Å²) < 4.78 is 4.86. The maximum absolute atomic E-state index is 12.0. The summed E-state index contributed by atoms with van der Waals surface area (Å²) in [6.07, 6.45) is 4.29. The zero-order valence-electron chi connectivity index (χ0n) is 15.5. The van der Waals surface area contributed by atoms with Crippen molar-refractivity contribution in [1.29, 1.82) is 0 Å². The molecule has 1 aromatic heterocycles. The van der Waals surface area contributed by atoms with E-state index < -0.39 is 11.9 Å². The van der Waals surface area contributed by atoms with Crippen LogP contribution in [0, 0.1) is 12.8 Å². The van der Waals surface area contributed by atoms with Crippen LogP contribution in [0.2, 0.25) is 0 Å². The fraction of sp³-hybridized carbons (Fsp3) is 0.647. The minimum Gasteiger partial charge on any atom is -0.360 e. The first kappa shape index (κ1) is 19.9. The van der Waals surface area contributed by atoms with Gasteiger partial charge in [-0.15, -0.1) is 0 Å². The lowest BCUT2D eigenvalue weighted by Gasteiger charge is -2.29. The number of nitrogens with one attached hydrogen (secondary N) is 3. The zero-order chi connectivity index (χ0) is 19.1. The molecular weight excluding hydrogens is 338 g/mol. The summed E-state index contributed by atoms with van der Waals surface area (Å²) in [5, 5.41) is 11.4. The zero-order valence-corrected chi connectivity index (χ0v) is 15.5. The van der Waals surface area contributed by atoms with Crippen molar-refractivity contribution in [3.63, 3.8) is 0 Å². The molecular formula is C17H27N5O4. The number of amides is 4. The van der Waals surface area contributed by atoms with Gasteiger partial charge in [0.25, 0.3) is 0 Å². The Morgan fingerprint density at radius 1 is 1.23 bits per heavy atom. The number of aryl methyl sites for hydroxylation is 1. The quantitative estimate of drug-likeness (QED) is 0.699. The molecule has 1 heterocycles. The average molecular weight is 365 g/mol. The van der Waals surface area contributed by atoms with Gasteiger partial charge in [-0.1, -0.05) is 24.9 Å². The number of hydrogen-bond donors (Lipinski definition) is 3. The highest BCUT2D eigenvalue weighted by molar-refractivity contribution is 5.96. The number of imide groups is 1. The number of aromatic nitrogens is 1. The number of likely N-dealkylation sites (N-methyl/N-ethyl adjacent to an activating group) is 1. The second kappa shape index (κ2) is 9.33. The smallest absolute Gasteiger partial charge is 0.321 e. The second-order valence-corrected chi connectivity index (χ2v) is 6.93. The first-order valence-corrected chi connectivity index (χ1v) is 8.85. The first-order chi connectivity index (χ1) is 12.3. The molecule has 0 unspecified atom stereocenters. The Hall–Kier alpha value is -2.42. The molecule has 1 aliphatic rings. The van der Waals surface area contributed by atoms with Crippen LogP contribution in [0.4, 0.5) is 10.6 Å². The molecule has 1 fully saturated rings. The van der Waals surface area contributed by atoms with E-state index in [2.05, 4.69) is 28.0 Å². The van der Waals surface area contributed by atoms with Gasteiger partial charge in [0.1, 0.15) is 5.76 Å². The first-order valence-electron chi connectivity index (χ1n) is 8.85. The summed E-state index contributed by atoms with van der Waals surface area (Å²) in [6.45, 7) is 3.74. The molecule has 9 heteroatoms. The van der Waals surface area contributed by atoms with Gasteiger partial charge in [0.15, 0.2) is 5.82 Å². The van der Waals surface area contributed by atoms with Crippen LogP contribution < -0.4 is 16.0 Å². The normalized spacial score (nSPS) is 19.8. The van der Waals surface area contributed by atoms with Crippen LogP contribution in [0.3, 0.4) is 0 Å². The van der Waals surface area contributed by atoms with E-state index in [4.69, 9.17) is 4.52 Å². The number of carbonyl (C=O) groups excluding carboxylic acids is 3. The van der Waals surface area contributed by atoms with Crippen LogP contribution in [0.15, 0.2) is 10.6 Å². The fourth-order valence-electron chi connectivity index (χ4n) is 3.06. The van der Waals surface area contributed by atoms with Gasteiger partial charge in [-0.2, -0.15) is 0 Å². The predicted octanol–water partition coefficient (Wildman–Crippen LogP) is 1.26. The van der Waals surface area contributed by atoms with Gasteiger partial charge in [0.05, 0.1) is 13.1 Å². The summed E-state index contributed by atoms with van der Waals surface area (Å²) in [5.41, 5.74) is 0. The minimum atomic E-state index is -0.482. The van der Waals surface area contributed by atoms with Crippen LogP contribution in [-0.2, 0) is 9.59 Å².